The van der Waals surface area contributed by atoms with E-state index in [-0.39, 0.29) is 12.0 Å². The highest BCUT2D eigenvalue weighted by molar-refractivity contribution is 5.78. The minimum absolute atomic E-state index is 0.0999. The molecular weight excluding hydrogens is 482 g/mol. The Labute approximate surface area is 223 Å². The third-order valence-electron chi connectivity index (χ3n) is 7.44. The molecular formula is C30H35N3O5. The van der Waals surface area contributed by atoms with Crippen LogP contribution >= 0.6 is 0 Å². The second kappa shape index (κ2) is 11.2. The number of aryl methyl sites for hydroxylation is 3. The van der Waals surface area contributed by atoms with Crippen LogP contribution in [-0.4, -0.2) is 73.4 Å². The van der Waals surface area contributed by atoms with E-state index < -0.39 is 0 Å². The lowest BCUT2D eigenvalue weighted by Crippen LogP contribution is -2.50. The molecule has 1 aromatic heterocycles. The van der Waals surface area contributed by atoms with E-state index in [1.807, 2.05) is 23.1 Å². The number of rotatable bonds is 7. The fourth-order valence-corrected chi connectivity index (χ4v) is 5.49. The van der Waals surface area contributed by atoms with Crippen molar-refractivity contribution in [3.05, 3.63) is 65.4 Å². The van der Waals surface area contributed by atoms with Crippen molar-refractivity contribution in [1.82, 2.24) is 14.4 Å². The topological polar surface area (TPSA) is 73.2 Å². The zero-order valence-electron chi connectivity index (χ0n) is 22.4. The fraction of sp³-hybridized carbons (Fsp3) is 0.400. The second-order valence-corrected chi connectivity index (χ2v) is 9.64. The quantitative estimate of drug-likeness (QED) is 0.462. The zero-order valence-corrected chi connectivity index (χ0v) is 22.4. The Kier molecular flexibility index (Phi) is 7.58. The number of fused-ring (bicyclic) bond motifs is 3. The molecule has 38 heavy (non-hydrogen) atoms. The first-order valence-electron chi connectivity index (χ1n) is 13.3. The lowest BCUT2D eigenvalue weighted by Gasteiger charge is -2.34. The Morgan fingerprint density at radius 1 is 0.842 bits per heavy atom. The number of benzene rings is 2. The molecule has 3 aromatic rings. The summed E-state index contributed by atoms with van der Waals surface area (Å²) in [5, 5.41) is 0. The Balaban J connectivity index is 1.42. The van der Waals surface area contributed by atoms with Gasteiger partial charge in [-0.25, -0.2) is 4.79 Å². The van der Waals surface area contributed by atoms with Crippen molar-refractivity contribution >= 4 is 12.0 Å². The molecule has 0 bridgehead atoms. The molecule has 5 rings (SSSR count). The molecule has 1 aliphatic heterocycles. The number of amides is 2. The predicted octanol–water partition coefficient (Wildman–Crippen LogP) is 4.49. The van der Waals surface area contributed by atoms with Gasteiger partial charge in [0.2, 0.25) is 5.91 Å². The monoisotopic (exact) mass is 517 g/mol. The molecule has 8 heteroatoms. The van der Waals surface area contributed by atoms with E-state index in [1.165, 1.54) is 22.4 Å². The molecule has 1 aliphatic carbocycles. The lowest BCUT2D eigenvalue weighted by atomic mass is 9.90. The first-order valence-corrected chi connectivity index (χ1v) is 13.3. The minimum atomic E-state index is -0.308. The molecule has 2 amide bonds. The number of carbonyl (C=O) groups is 2. The van der Waals surface area contributed by atoms with Crippen LogP contribution in [0.25, 0.3) is 16.9 Å². The summed E-state index contributed by atoms with van der Waals surface area (Å²) in [6, 6.07) is 16.7. The molecule has 0 spiro atoms. The lowest BCUT2D eigenvalue weighted by molar-refractivity contribution is -0.132. The molecule has 200 valence electrons. The van der Waals surface area contributed by atoms with E-state index in [9.17, 15) is 9.59 Å². The van der Waals surface area contributed by atoms with E-state index in [2.05, 4.69) is 34.9 Å². The third kappa shape index (κ3) is 5.08. The van der Waals surface area contributed by atoms with Gasteiger partial charge in [-0.3, -0.25) is 4.79 Å². The average Bonchev–Trinajstić information content (AvgIpc) is 3.35. The van der Waals surface area contributed by atoms with Crippen LogP contribution in [0.4, 0.5) is 4.79 Å². The molecule has 2 aromatic carbocycles. The molecule has 1 saturated heterocycles. The van der Waals surface area contributed by atoms with Crippen LogP contribution in [-0.2, 0) is 28.8 Å². The molecule has 1 fully saturated rings. The van der Waals surface area contributed by atoms with Crippen molar-refractivity contribution in [1.29, 1.82) is 0 Å². The highest BCUT2D eigenvalue weighted by Gasteiger charge is 2.27. The summed E-state index contributed by atoms with van der Waals surface area (Å²) in [6.07, 6.45) is 2.64. The summed E-state index contributed by atoms with van der Waals surface area (Å²) < 4.78 is 18.5. The first kappa shape index (κ1) is 25.7. The number of piperazine rings is 1. The van der Waals surface area contributed by atoms with Crippen LogP contribution in [0.2, 0.25) is 0 Å². The highest BCUT2D eigenvalue weighted by Crippen LogP contribution is 2.39. The maximum absolute atomic E-state index is 13.2. The van der Waals surface area contributed by atoms with Crippen molar-refractivity contribution in [2.75, 3.05) is 47.0 Å². The third-order valence-corrected chi connectivity index (χ3v) is 7.44. The number of carbonyl (C=O) groups excluding carboxylic acids is 2. The van der Waals surface area contributed by atoms with Gasteiger partial charge in [0.05, 0.1) is 32.2 Å². The fourth-order valence-electron chi connectivity index (χ4n) is 5.49. The molecule has 0 N–H and O–H groups in total. The van der Waals surface area contributed by atoms with Gasteiger partial charge in [-0.1, -0.05) is 24.3 Å². The molecule has 8 nitrogen and oxygen atoms in total. The second-order valence-electron chi connectivity index (χ2n) is 9.64. The summed E-state index contributed by atoms with van der Waals surface area (Å²) in [5.41, 5.74) is 7.05. The molecule has 0 radical (unpaired) electrons. The molecule has 2 heterocycles. The Hall–Kier alpha value is -3.94. The van der Waals surface area contributed by atoms with E-state index in [0.717, 1.165) is 24.2 Å². The largest absolute Gasteiger partial charge is 0.497 e. The SMILES string of the molecule is CCOC(=O)N1CCN(C(=O)CCc2cc3c(n2-c2cc(OC)cc(OC)c2)-c2ccccc2CC3)CC1. The normalized spacial score (nSPS) is 14.5. The zero-order chi connectivity index (χ0) is 26.6. The number of nitrogens with zero attached hydrogens (tertiary/aromatic N) is 3. The van der Waals surface area contributed by atoms with Gasteiger partial charge in [0.15, 0.2) is 0 Å². The summed E-state index contributed by atoms with van der Waals surface area (Å²) >= 11 is 0. The Morgan fingerprint density at radius 3 is 2.18 bits per heavy atom. The predicted molar refractivity (Wildman–Crippen MR) is 145 cm³/mol. The Morgan fingerprint density at radius 2 is 1.50 bits per heavy atom. The van der Waals surface area contributed by atoms with Gasteiger partial charge < -0.3 is 28.6 Å². The van der Waals surface area contributed by atoms with Crippen LogP contribution in [0.5, 0.6) is 11.5 Å². The van der Waals surface area contributed by atoms with Gasteiger partial charge in [-0.2, -0.15) is 0 Å². The number of aromatic nitrogens is 1. The van der Waals surface area contributed by atoms with Crippen molar-refractivity contribution in [3.63, 3.8) is 0 Å². The molecule has 0 saturated carbocycles. The summed E-state index contributed by atoms with van der Waals surface area (Å²) in [7, 11) is 3.31. The van der Waals surface area contributed by atoms with Crippen LogP contribution in [0, 0.1) is 0 Å². The average molecular weight is 518 g/mol. The van der Waals surface area contributed by atoms with E-state index >= 15 is 0 Å². The van der Waals surface area contributed by atoms with Crippen LogP contribution in [0.3, 0.4) is 0 Å². The highest BCUT2D eigenvalue weighted by atomic mass is 16.6. The maximum atomic E-state index is 13.2. The van der Waals surface area contributed by atoms with E-state index in [1.54, 1.807) is 26.0 Å². The van der Waals surface area contributed by atoms with Gasteiger partial charge in [-0.15, -0.1) is 0 Å². The summed E-state index contributed by atoms with van der Waals surface area (Å²) in [6.45, 7) is 4.19. The first-order chi connectivity index (χ1) is 18.5. The summed E-state index contributed by atoms with van der Waals surface area (Å²) in [5.74, 6) is 1.53. The minimum Gasteiger partial charge on any atom is -0.497 e. The smallest absolute Gasteiger partial charge is 0.409 e. The molecule has 2 aliphatic rings. The van der Waals surface area contributed by atoms with Gasteiger partial charge >= 0.3 is 6.09 Å². The van der Waals surface area contributed by atoms with Crippen molar-refractivity contribution in [3.8, 4) is 28.4 Å². The van der Waals surface area contributed by atoms with E-state index in [0.29, 0.717) is 57.1 Å². The van der Waals surface area contributed by atoms with Crippen molar-refractivity contribution in [2.24, 2.45) is 0 Å². The van der Waals surface area contributed by atoms with Crippen molar-refractivity contribution < 1.29 is 23.8 Å². The number of ether oxygens (including phenoxy) is 3. The standard InChI is InChI=1S/C30H35N3O5/c1-4-38-30(35)32-15-13-31(14-16-32)28(34)12-11-23-17-22-10-9-21-7-5-6-8-27(21)29(22)33(23)24-18-25(36-2)20-26(19-24)37-3/h5-8,17-20H,4,9-16H2,1-3H3. The Bertz CT molecular complexity index is 1300. The summed E-state index contributed by atoms with van der Waals surface area (Å²) in [4.78, 5) is 28.7. The van der Waals surface area contributed by atoms with Crippen LogP contribution in [0.1, 0.15) is 30.2 Å². The van der Waals surface area contributed by atoms with Gasteiger partial charge in [-0.05, 0) is 43.4 Å². The maximum Gasteiger partial charge on any atom is 0.409 e. The number of hydrogen-bond acceptors (Lipinski definition) is 5. The van der Waals surface area contributed by atoms with Gasteiger partial charge in [0.1, 0.15) is 11.5 Å². The number of hydrogen-bond donors (Lipinski definition) is 0. The van der Waals surface area contributed by atoms with E-state index in [4.69, 9.17) is 14.2 Å². The van der Waals surface area contributed by atoms with Crippen molar-refractivity contribution in [2.45, 2.75) is 32.6 Å². The van der Waals surface area contributed by atoms with Crippen LogP contribution in [0.15, 0.2) is 48.5 Å². The molecule has 0 atom stereocenters. The van der Waals surface area contributed by atoms with Gasteiger partial charge in [0, 0.05) is 62.1 Å². The number of methoxy groups -OCH3 is 2. The van der Waals surface area contributed by atoms with Crippen LogP contribution < -0.4 is 9.47 Å². The van der Waals surface area contributed by atoms with Gasteiger partial charge in [0.25, 0.3) is 0 Å². The molecule has 0 unspecified atom stereocenters.